The van der Waals surface area contributed by atoms with E-state index >= 15 is 0 Å². The molecule has 3 aromatic heterocycles. The van der Waals surface area contributed by atoms with Crippen LogP contribution in [0.1, 0.15) is 39.1 Å². The van der Waals surface area contributed by atoms with Crippen LogP contribution in [0, 0.1) is 24.1 Å². The second kappa shape index (κ2) is 16.9. The van der Waals surface area contributed by atoms with Crippen molar-refractivity contribution in [3.63, 3.8) is 0 Å². The van der Waals surface area contributed by atoms with E-state index < -0.39 is 24.1 Å². The van der Waals surface area contributed by atoms with Gasteiger partial charge in [0.25, 0.3) is 17.7 Å². The lowest BCUT2D eigenvalue weighted by Gasteiger charge is -2.25. The Morgan fingerprint density at radius 2 is 1.29 bits per heavy atom. The van der Waals surface area contributed by atoms with Crippen LogP contribution in [0.2, 0.25) is 0 Å². The van der Waals surface area contributed by atoms with Crippen molar-refractivity contribution in [2.24, 2.45) is 9.98 Å². The summed E-state index contributed by atoms with van der Waals surface area (Å²) in [5.74, 6) is -1.01. The number of hydrogen-bond acceptors (Lipinski definition) is 14. The molecule has 5 heterocycles. The fourth-order valence-corrected chi connectivity index (χ4v) is 7.46. The SMILES string of the molecule is Cc1nc(-c2nnc(N[C@H]3N=C(c4ccc(CN5C(=O)[C@@H](Nc6nnc(-c7ccc(F)cc7)o6)N=C(c6ccccc6)c6ccccc65)cc4)c4ccccc4NC3=O)o2)ccc1C#N. The maximum Gasteiger partial charge on any atom is 0.317 e. The smallest absolute Gasteiger partial charge is 0.317 e. The van der Waals surface area contributed by atoms with Crippen molar-refractivity contribution in [2.75, 3.05) is 20.9 Å². The number of benzodiazepines with no additional fused rings is 2. The van der Waals surface area contributed by atoms with Crippen LogP contribution in [0.15, 0.2) is 158 Å². The number of halogens is 1. The van der Waals surface area contributed by atoms with E-state index in [0.29, 0.717) is 56.4 Å². The fraction of sp³-hybridized carbons (Fsp3) is 0.0833. The molecule has 2 aliphatic rings. The van der Waals surface area contributed by atoms with Gasteiger partial charge in [0, 0.05) is 27.8 Å². The monoisotopic (exact) mass is 860 g/mol. The molecule has 2 atom stereocenters. The van der Waals surface area contributed by atoms with Gasteiger partial charge in [-0.15, -0.1) is 10.2 Å². The lowest BCUT2D eigenvalue weighted by atomic mass is 9.98. The Kier molecular flexibility index (Phi) is 10.4. The number of hydrogen-bond donors (Lipinski definition) is 3. The number of carbonyl (C=O) groups excluding carboxylic acids is 2. The minimum Gasteiger partial charge on any atom is -0.403 e. The summed E-state index contributed by atoms with van der Waals surface area (Å²) >= 11 is 0. The molecule has 2 amide bonds. The molecule has 0 aliphatic carbocycles. The third-order valence-electron chi connectivity index (χ3n) is 10.7. The average Bonchev–Trinajstić information content (AvgIpc) is 3.96. The zero-order chi connectivity index (χ0) is 44.4. The minimum absolute atomic E-state index is 0.0442. The van der Waals surface area contributed by atoms with Gasteiger partial charge in [-0.1, -0.05) is 101 Å². The second-order valence-electron chi connectivity index (χ2n) is 14.9. The van der Waals surface area contributed by atoms with Crippen molar-refractivity contribution in [3.8, 4) is 29.1 Å². The van der Waals surface area contributed by atoms with E-state index in [0.717, 1.165) is 16.7 Å². The molecule has 17 heteroatoms. The Bertz CT molecular complexity index is 3210. The van der Waals surface area contributed by atoms with Crippen LogP contribution in [0.25, 0.3) is 23.0 Å². The second-order valence-corrected chi connectivity index (χ2v) is 14.9. The van der Waals surface area contributed by atoms with Crippen molar-refractivity contribution in [1.82, 2.24) is 25.4 Å². The van der Waals surface area contributed by atoms with Gasteiger partial charge in [0.2, 0.25) is 18.2 Å². The maximum atomic E-state index is 14.8. The Balaban J connectivity index is 0.956. The van der Waals surface area contributed by atoms with Gasteiger partial charge in [0.1, 0.15) is 17.6 Å². The lowest BCUT2D eigenvalue weighted by molar-refractivity contribution is -0.119. The maximum absolute atomic E-state index is 14.8. The normalized spacial score (nSPS) is 15.6. The quantitative estimate of drug-likeness (QED) is 0.122. The molecule has 0 fully saturated rings. The first kappa shape index (κ1) is 39.9. The largest absolute Gasteiger partial charge is 0.403 e. The number of anilines is 4. The molecule has 0 spiro atoms. The standard InChI is InChI=1S/C48H33FN12O4/c1-27-32(25-50)21-24-37(51-27)45-58-60-47(65-45)55-41-43(62)52-36-13-7-5-11-34(36)39(53-41)30-17-15-28(16-18-30)26-61-38-14-8-6-12-35(38)40(29-9-3-2-4-10-29)54-42(46(61)63)56-48-59-57-44(64-48)31-19-22-33(49)23-20-31/h2-24,41-42H,26H2,1H3,(H,52,62)(H,55,60)(H,56,59)/t41-,42-/m1/s1. The number of para-hydroxylation sites is 2. The Labute approximate surface area is 369 Å². The molecule has 0 radical (unpaired) electrons. The van der Waals surface area contributed by atoms with Crippen LogP contribution in [-0.4, -0.2) is 60.9 Å². The van der Waals surface area contributed by atoms with Crippen LogP contribution in [0.4, 0.5) is 27.8 Å². The molecule has 2 aliphatic heterocycles. The molecule has 0 saturated carbocycles. The summed E-state index contributed by atoms with van der Waals surface area (Å²) in [7, 11) is 0. The fourth-order valence-electron chi connectivity index (χ4n) is 7.46. The highest BCUT2D eigenvalue weighted by atomic mass is 19.1. The number of aryl methyl sites for hydroxylation is 1. The highest BCUT2D eigenvalue weighted by molar-refractivity contribution is 6.21. The number of rotatable bonds is 10. The van der Waals surface area contributed by atoms with Crippen molar-refractivity contribution in [3.05, 3.63) is 184 Å². The van der Waals surface area contributed by atoms with Gasteiger partial charge in [-0.3, -0.25) is 9.59 Å². The van der Waals surface area contributed by atoms with Crippen molar-refractivity contribution >= 4 is 46.6 Å². The molecule has 16 nitrogen and oxygen atoms in total. The van der Waals surface area contributed by atoms with E-state index in [4.69, 9.17) is 18.8 Å². The summed E-state index contributed by atoms with van der Waals surface area (Å²) in [5.41, 5.74) is 7.78. The van der Waals surface area contributed by atoms with E-state index in [1.54, 1.807) is 30.0 Å². The minimum atomic E-state index is -1.19. The van der Waals surface area contributed by atoms with E-state index in [1.165, 1.54) is 24.3 Å². The summed E-state index contributed by atoms with van der Waals surface area (Å²) in [4.78, 5) is 44.3. The van der Waals surface area contributed by atoms with Gasteiger partial charge in [-0.25, -0.2) is 19.4 Å². The van der Waals surface area contributed by atoms with Gasteiger partial charge in [0.05, 0.1) is 40.6 Å². The van der Waals surface area contributed by atoms with Gasteiger partial charge in [0.15, 0.2) is 0 Å². The first-order valence-corrected chi connectivity index (χ1v) is 20.2. The van der Waals surface area contributed by atoms with E-state index in [2.05, 4.69) is 47.4 Å². The highest BCUT2D eigenvalue weighted by Crippen LogP contribution is 2.32. The van der Waals surface area contributed by atoms with Gasteiger partial charge in [-0.2, -0.15) is 5.26 Å². The summed E-state index contributed by atoms with van der Waals surface area (Å²) in [6, 6.07) is 42.9. The Morgan fingerprint density at radius 1 is 0.677 bits per heavy atom. The van der Waals surface area contributed by atoms with Crippen LogP contribution in [0.3, 0.4) is 0 Å². The van der Waals surface area contributed by atoms with Gasteiger partial charge >= 0.3 is 12.0 Å². The Hall–Kier alpha value is -9.17. The van der Waals surface area contributed by atoms with E-state index in [9.17, 15) is 19.2 Å². The van der Waals surface area contributed by atoms with Crippen LogP contribution < -0.4 is 20.9 Å². The van der Waals surface area contributed by atoms with E-state index in [1.807, 2.05) is 97.1 Å². The predicted molar refractivity (Wildman–Crippen MR) is 238 cm³/mol. The topological polar surface area (TPSA) is 213 Å². The number of nitriles is 1. The molecule has 5 aromatic carbocycles. The number of aromatic nitrogens is 5. The molecular formula is C48H33FN12O4. The number of pyridine rings is 1. The molecule has 8 aromatic rings. The summed E-state index contributed by atoms with van der Waals surface area (Å²) in [6.07, 6.45) is -2.37. The molecule has 0 unspecified atom stereocenters. The summed E-state index contributed by atoms with van der Waals surface area (Å²) < 4.78 is 25.4. The van der Waals surface area contributed by atoms with Gasteiger partial charge in [-0.05, 0) is 61.0 Å². The summed E-state index contributed by atoms with van der Waals surface area (Å²) in [5, 5.41) is 34.7. The van der Waals surface area contributed by atoms with Crippen LogP contribution in [-0.2, 0) is 16.1 Å². The lowest BCUT2D eigenvalue weighted by Crippen LogP contribution is -2.41. The van der Waals surface area contributed by atoms with E-state index in [-0.39, 0.29) is 36.3 Å². The van der Waals surface area contributed by atoms with Crippen LogP contribution in [0.5, 0.6) is 0 Å². The van der Waals surface area contributed by atoms with Crippen molar-refractivity contribution in [2.45, 2.75) is 25.8 Å². The molecule has 0 bridgehead atoms. The number of aliphatic imine (C=N–C) groups is 2. The zero-order valence-electron chi connectivity index (χ0n) is 34.2. The molecule has 65 heavy (non-hydrogen) atoms. The number of nitrogens with zero attached hydrogens (tertiary/aromatic N) is 9. The van der Waals surface area contributed by atoms with Crippen LogP contribution >= 0.6 is 0 Å². The zero-order valence-corrected chi connectivity index (χ0v) is 34.2. The van der Waals surface area contributed by atoms with Gasteiger partial charge < -0.3 is 29.7 Å². The Morgan fingerprint density at radius 3 is 2.05 bits per heavy atom. The molecule has 316 valence electrons. The summed E-state index contributed by atoms with van der Waals surface area (Å²) in [6.45, 7) is 1.86. The predicted octanol–water partition coefficient (Wildman–Crippen LogP) is 7.55. The number of nitrogens with one attached hydrogen (secondary N) is 3. The third kappa shape index (κ3) is 8.06. The molecule has 10 rings (SSSR count). The number of benzene rings is 5. The number of amides is 2. The molecule has 3 N–H and O–H groups in total. The highest BCUT2D eigenvalue weighted by Gasteiger charge is 2.34. The van der Waals surface area contributed by atoms with Crippen molar-refractivity contribution in [1.29, 1.82) is 5.26 Å². The average molecular weight is 861 g/mol. The molecular weight excluding hydrogens is 828 g/mol. The number of fused-ring (bicyclic) bond motifs is 2. The number of carbonyl (C=O) groups is 2. The molecule has 0 saturated heterocycles. The first-order chi connectivity index (χ1) is 31.8. The first-order valence-electron chi connectivity index (χ1n) is 20.2. The third-order valence-corrected chi connectivity index (χ3v) is 10.7. The van der Waals surface area contributed by atoms with Crippen molar-refractivity contribution < 1.29 is 22.8 Å².